The Kier molecular flexibility index (Phi) is 5.75. The van der Waals surface area contributed by atoms with E-state index in [1.807, 2.05) is 48.4 Å². The van der Waals surface area contributed by atoms with Gasteiger partial charge in [-0.15, -0.1) is 10.2 Å². The van der Waals surface area contributed by atoms with Crippen LogP contribution < -0.4 is 4.74 Å². The van der Waals surface area contributed by atoms with Gasteiger partial charge in [-0.3, -0.25) is 9.20 Å². The van der Waals surface area contributed by atoms with E-state index in [9.17, 15) is 4.79 Å². The van der Waals surface area contributed by atoms with Gasteiger partial charge in [0.15, 0.2) is 11.8 Å². The molecule has 1 aromatic carbocycles. The van der Waals surface area contributed by atoms with Gasteiger partial charge in [-0.25, -0.2) is 0 Å². The fourth-order valence-corrected chi connectivity index (χ4v) is 4.38. The maximum atomic E-state index is 12.9. The monoisotopic (exact) mass is 406 g/mol. The average molecular weight is 407 g/mol. The van der Waals surface area contributed by atoms with Crippen LogP contribution in [-0.4, -0.2) is 44.6 Å². The quantitative estimate of drug-likeness (QED) is 0.633. The molecule has 0 N–H and O–H groups in total. The Labute approximate surface area is 177 Å². The highest BCUT2D eigenvalue weighted by molar-refractivity contribution is 5.81. The standard InChI is InChI=1S/C24H30N4O2/c1-16(2)21-9-8-20(15-17(21)3)30-18(4)24(29)27-13-10-19(11-14-27)23-26-25-22-7-5-6-12-28(22)23/h5-9,12,15-16,18-19H,10-11,13-14H2,1-4H3. The van der Waals surface area contributed by atoms with Gasteiger partial charge in [0.2, 0.25) is 0 Å². The minimum Gasteiger partial charge on any atom is -0.481 e. The summed E-state index contributed by atoms with van der Waals surface area (Å²) in [5.74, 6) is 2.58. The molecule has 0 radical (unpaired) electrons. The van der Waals surface area contributed by atoms with Gasteiger partial charge in [0.25, 0.3) is 5.91 Å². The number of likely N-dealkylation sites (tertiary alicyclic amines) is 1. The van der Waals surface area contributed by atoms with Crippen molar-refractivity contribution in [2.75, 3.05) is 13.1 Å². The van der Waals surface area contributed by atoms with Crippen LogP contribution in [0, 0.1) is 6.92 Å². The SMILES string of the molecule is Cc1cc(OC(C)C(=O)N2CCC(c3nnc4ccccn34)CC2)ccc1C(C)C. The van der Waals surface area contributed by atoms with E-state index in [2.05, 4.69) is 41.4 Å². The van der Waals surface area contributed by atoms with Crippen LogP contribution in [0.2, 0.25) is 0 Å². The van der Waals surface area contributed by atoms with E-state index in [-0.39, 0.29) is 5.91 Å². The first-order valence-electron chi connectivity index (χ1n) is 10.8. The predicted octanol–water partition coefficient (Wildman–Crippen LogP) is 4.33. The van der Waals surface area contributed by atoms with Crippen LogP contribution in [0.4, 0.5) is 0 Å². The number of fused-ring (bicyclic) bond motifs is 1. The summed E-state index contributed by atoms with van der Waals surface area (Å²) in [6.07, 6.45) is 3.27. The predicted molar refractivity (Wildman–Crippen MR) is 117 cm³/mol. The molecule has 2 aromatic heterocycles. The number of benzene rings is 1. The lowest BCUT2D eigenvalue weighted by molar-refractivity contribution is -0.139. The van der Waals surface area contributed by atoms with Crippen LogP contribution in [0.1, 0.15) is 62.4 Å². The van der Waals surface area contributed by atoms with E-state index < -0.39 is 6.10 Å². The van der Waals surface area contributed by atoms with Crippen molar-refractivity contribution in [3.05, 3.63) is 59.5 Å². The summed E-state index contributed by atoms with van der Waals surface area (Å²) >= 11 is 0. The van der Waals surface area contributed by atoms with Crippen molar-refractivity contribution in [2.45, 2.75) is 58.5 Å². The Morgan fingerprint density at radius 3 is 2.57 bits per heavy atom. The summed E-state index contributed by atoms with van der Waals surface area (Å²) in [5, 5.41) is 8.65. The highest BCUT2D eigenvalue weighted by atomic mass is 16.5. The van der Waals surface area contributed by atoms with E-state index >= 15 is 0 Å². The molecule has 6 nitrogen and oxygen atoms in total. The molecule has 0 bridgehead atoms. The van der Waals surface area contributed by atoms with Crippen molar-refractivity contribution in [2.24, 2.45) is 0 Å². The van der Waals surface area contributed by atoms with Crippen molar-refractivity contribution in [3.8, 4) is 5.75 Å². The minimum absolute atomic E-state index is 0.0464. The number of piperidine rings is 1. The van der Waals surface area contributed by atoms with E-state index in [0.717, 1.165) is 30.1 Å². The lowest BCUT2D eigenvalue weighted by Crippen LogP contribution is -2.44. The van der Waals surface area contributed by atoms with Crippen LogP contribution in [0.15, 0.2) is 42.6 Å². The molecule has 1 saturated heterocycles. The first-order valence-corrected chi connectivity index (χ1v) is 10.8. The van der Waals surface area contributed by atoms with Gasteiger partial charge in [-0.05, 0) is 68.0 Å². The highest BCUT2D eigenvalue weighted by Gasteiger charge is 2.29. The fraction of sp³-hybridized carbons (Fsp3) is 0.458. The summed E-state index contributed by atoms with van der Waals surface area (Å²) in [6, 6.07) is 12.0. The van der Waals surface area contributed by atoms with Crippen molar-refractivity contribution < 1.29 is 9.53 Å². The molecule has 1 aliphatic heterocycles. The summed E-state index contributed by atoms with van der Waals surface area (Å²) in [4.78, 5) is 14.9. The van der Waals surface area contributed by atoms with Gasteiger partial charge in [-0.1, -0.05) is 26.0 Å². The number of aromatic nitrogens is 3. The van der Waals surface area contributed by atoms with Crippen LogP contribution in [0.3, 0.4) is 0 Å². The number of aryl methyl sites for hydroxylation is 1. The van der Waals surface area contributed by atoms with Crippen LogP contribution in [-0.2, 0) is 4.79 Å². The zero-order valence-electron chi connectivity index (χ0n) is 18.2. The molecule has 1 fully saturated rings. The van der Waals surface area contributed by atoms with E-state index in [1.165, 1.54) is 11.1 Å². The van der Waals surface area contributed by atoms with Gasteiger partial charge in [0.05, 0.1) is 0 Å². The number of ether oxygens (including phenoxy) is 1. The van der Waals surface area contributed by atoms with E-state index in [4.69, 9.17) is 4.74 Å². The third-order valence-corrected chi connectivity index (χ3v) is 6.04. The van der Waals surface area contributed by atoms with Gasteiger partial charge in [0, 0.05) is 25.2 Å². The van der Waals surface area contributed by atoms with Crippen molar-refractivity contribution in [1.29, 1.82) is 0 Å². The molecule has 4 rings (SSSR count). The average Bonchev–Trinajstić information content (AvgIpc) is 3.17. The molecule has 30 heavy (non-hydrogen) atoms. The van der Waals surface area contributed by atoms with Crippen molar-refractivity contribution >= 4 is 11.6 Å². The smallest absolute Gasteiger partial charge is 0.263 e. The van der Waals surface area contributed by atoms with Gasteiger partial charge in [-0.2, -0.15) is 0 Å². The largest absolute Gasteiger partial charge is 0.481 e. The molecular formula is C24H30N4O2. The van der Waals surface area contributed by atoms with Crippen molar-refractivity contribution in [1.82, 2.24) is 19.5 Å². The molecule has 1 atom stereocenters. The number of rotatable bonds is 5. The second-order valence-corrected chi connectivity index (χ2v) is 8.52. The number of carbonyl (C=O) groups is 1. The molecule has 0 saturated carbocycles. The van der Waals surface area contributed by atoms with E-state index in [0.29, 0.717) is 24.9 Å². The van der Waals surface area contributed by atoms with Gasteiger partial charge < -0.3 is 9.64 Å². The fourth-order valence-electron chi connectivity index (χ4n) is 4.38. The maximum absolute atomic E-state index is 12.9. The van der Waals surface area contributed by atoms with Crippen LogP contribution in [0.5, 0.6) is 5.75 Å². The zero-order valence-corrected chi connectivity index (χ0v) is 18.2. The Morgan fingerprint density at radius 2 is 1.87 bits per heavy atom. The first-order chi connectivity index (χ1) is 14.4. The van der Waals surface area contributed by atoms with Crippen molar-refractivity contribution in [3.63, 3.8) is 0 Å². The molecule has 158 valence electrons. The molecule has 6 heteroatoms. The van der Waals surface area contributed by atoms with Crippen LogP contribution >= 0.6 is 0 Å². The Bertz CT molecular complexity index is 1030. The van der Waals surface area contributed by atoms with Gasteiger partial charge in [0.1, 0.15) is 11.6 Å². The summed E-state index contributed by atoms with van der Waals surface area (Å²) < 4.78 is 8.04. The molecule has 1 aliphatic rings. The number of pyridine rings is 1. The van der Waals surface area contributed by atoms with Gasteiger partial charge >= 0.3 is 0 Å². The van der Waals surface area contributed by atoms with Crippen LogP contribution in [0.25, 0.3) is 5.65 Å². The molecule has 3 aromatic rings. The third-order valence-electron chi connectivity index (χ3n) is 6.04. The topological polar surface area (TPSA) is 59.7 Å². The Morgan fingerprint density at radius 1 is 1.10 bits per heavy atom. The lowest BCUT2D eigenvalue weighted by Gasteiger charge is -2.33. The summed E-state index contributed by atoms with van der Waals surface area (Å²) in [6.45, 7) is 9.72. The molecule has 0 spiro atoms. The highest BCUT2D eigenvalue weighted by Crippen LogP contribution is 2.28. The molecule has 1 unspecified atom stereocenters. The molecule has 0 aliphatic carbocycles. The summed E-state index contributed by atoms with van der Waals surface area (Å²) in [5.41, 5.74) is 3.37. The first kappa shape index (κ1) is 20.4. The maximum Gasteiger partial charge on any atom is 0.263 e. The second kappa shape index (κ2) is 8.46. The molecule has 1 amide bonds. The minimum atomic E-state index is -0.500. The second-order valence-electron chi connectivity index (χ2n) is 8.52. The zero-order chi connectivity index (χ0) is 21.3. The normalized spacial score (nSPS) is 16.2. The molecular weight excluding hydrogens is 376 g/mol. The Balaban J connectivity index is 1.36. The lowest BCUT2D eigenvalue weighted by atomic mass is 9.95. The third kappa shape index (κ3) is 4.04. The number of nitrogens with zero attached hydrogens (tertiary/aromatic N) is 4. The number of carbonyl (C=O) groups excluding carboxylic acids is 1. The number of amides is 1. The summed E-state index contributed by atoms with van der Waals surface area (Å²) in [7, 11) is 0. The number of hydrogen-bond donors (Lipinski definition) is 0. The number of hydrogen-bond acceptors (Lipinski definition) is 4. The van der Waals surface area contributed by atoms with E-state index in [1.54, 1.807) is 0 Å². The molecule has 3 heterocycles. The Hall–Kier alpha value is -2.89.